The van der Waals surface area contributed by atoms with Crippen molar-refractivity contribution in [1.82, 2.24) is 0 Å². The largest absolute Gasteiger partial charge is 0.481 e. The van der Waals surface area contributed by atoms with E-state index in [1.165, 1.54) is 51.4 Å². The normalized spacial score (nSPS) is 48.3. The molecule has 0 unspecified atom stereocenters. The molecular formula is C24H38O2. The lowest BCUT2D eigenvalue weighted by molar-refractivity contribution is -0.137. The second-order valence-corrected chi connectivity index (χ2v) is 10.6. The van der Waals surface area contributed by atoms with Crippen molar-refractivity contribution in [2.45, 2.75) is 85.0 Å². The SMILES string of the molecule is C[C@H](CCC(=O)O)[C@H]1CC[C@H]2[C@@H]3CC[C@@H]4CCCC[C@]4(C)[C@H]3C=C[C@]12C. The van der Waals surface area contributed by atoms with E-state index in [1.54, 1.807) is 0 Å². The van der Waals surface area contributed by atoms with Crippen LogP contribution in [0.25, 0.3) is 0 Å². The third-order valence-electron chi connectivity index (χ3n) is 9.59. The topological polar surface area (TPSA) is 37.3 Å². The lowest BCUT2D eigenvalue weighted by Crippen LogP contribution is -2.50. The van der Waals surface area contributed by atoms with Crippen LogP contribution in [0, 0.1) is 46.3 Å². The monoisotopic (exact) mass is 358 g/mol. The number of allylic oxidation sites excluding steroid dienone is 2. The van der Waals surface area contributed by atoms with E-state index in [0.29, 0.717) is 29.1 Å². The molecule has 8 atom stereocenters. The lowest BCUT2D eigenvalue weighted by Gasteiger charge is -2.58. The highest BCUT2D eigenvalue weighted by atomic mass is 16.4. The molecule has 4 aliphatic rings. The van der Waals surface area contributed by atoms with Crippen molar-refractivity contribution in [1.29, 1.82) is 0 Å². The molecule has 3 saturated carbocycles. The van der Waals surface area contributed by atoms with E-state index in [2.05, 4.69) is 32.9 Å². The van der Waals surface area contributed by atoms with Gasteiger partial charge in [-0.25, -0.2) is 0 Å². The predicted molar refractivity (Wildman–Crippen MR) is 106 cm³/mol. The maximum Gasteiger partial charge on any atom is 0.303 e. The first-order valence-electron chi connectivity index (χ1n) is 11.3. The highest BCUT2D eigenvalue weighted by molar-refractivity contribution is 5.66. The summed E-state index contributed by atoms with van der Waals surface area (Å²) < 4.78 is 0. The van der Waals surface area contributed by atoms with Gasteiger partial charge in [0.1, 0.15) is 0 Å². The van der Waals surface area contributed by atoms with Crippen molar-refractivity contribution in [2.24, 2.45) is 46.3 Å². The molecule has 0 aromatic carbocycles. The van der Waals surface area contributed by atoms with Crippen LogP contribution in [0.5, 0.6) is 0 Å². The first kappa shape index (κ1) is 18.6. The molecule has 2 nitrogen and oxygen atoms in total. The average molecular weight is 359 g/mol. The van der Waals surface area contributed by atoms with E-state index in [9.17, 15) is 4.79 Å². The van der Waals surface area contributed by atoms with E-state index >= 15 is 0 Å². The average Bonchev–Trinajstić information content (AvgIpc) is 2.96. The Hall–Kier alpha value is -0.790. The Labute approximate surface area is 159 Å². The van der Waals surface area contributed by atoms with Gasteiger partial charge in [0.05, 0.1) is 0 Å². The van der Waals surface area contributed by atoms with Crippen LogP contribution in [-0.4, -0.2) is 11.1 Å². The molecule has 0 amide bonds. The number of hydrogen-bond donors (Lipinski definition) is 1. The van der Waals surface area contributed by atoms with Crippen LogP contribution >= 0.6 is 0 Å². The van der Waals surface area contributed by atoms with E-state index < -0.39 is 5.97 Å². The molecule has 4 rings (SSSR count). The van der Waals surface area contributed by atoms with E-state index in [1.807, 2.05) is 0 Å². The standard InChI is InChI=1S/C24H38O2/c1-16(7-12-22(25)26)19-10-11-20-18-9-8-17-6-4-5-14-23(17,2)21(18)13-15-24(19,20)3/h13,15-21H,4-12,14H2,1-3H3,(H,25,26)/t16-,17+,18+,19-,20+,21+,23+,24-/m1/s1. The van der Waals surface area contributed by atoms with Gasteiger partial charge in [0.15, 0.2) is 0 Å². The van der Waals surface area contributed by atoms with E-state index in [4.69, 9.17) is 5.11 Å². The van der Waals surface area contributed by atoms with Crippen LogP contribution in [0.15, 0.2) is 12.2 Å². The molecule has 2 heteroatoms. The van der Waals surface area contributed by atoms with Gasteiger partial charge in [0.2, 0.25) is 0 Å². The minimum absolute atomic E-state index is 0.303. The quantitative estimate of drug-likeness (QED) is 0.598. The van der Waals surface area contributed by atoms with Gasteiger partial charge in [-0.1, -0.05) is 45.8 Å². The van der Waals surface area contributed by atoms with Crippen LogP contribution in [0.1, 0.15) is 85.0 Å². The molecule has 0 aromatic heterocycles. The molecule has 3 fully saturated rings. The minimum atomic E-state index is -0.639. The summed E-state index contributed by atoms with van der Waals surface area (Å²) in [7, 11) is 0. The summed E-state index contributed by atoms with van der Waals surface area (Å²) in [5, 5.41) is 9.08. The second-order valence-electron chi connectivity index (χ2n) is 10.6. The smallest absolute Gasteiger partial charge is 0.303 e. The van der Waals surface area contributed by atoms with Gasteiger partial charge in [0.25, 0.3) is 0 Å². The van der Waals surface area contributed by atoms with E-state index in [-0.39, 0.29) is 0 Å². The Morgan fingerprint density at radius 2 is 1.96 bits per heavy atom. The summed E-state index contributed by atoms with van der Waals surface area (Å²) in [6.07, 6.45) is 17.8. The summed E-state index contributed by atoms with van der Waals surface area (Å²) in [6, 6.07) is 0. The Bertz CT molecular complexity index is 581. The lowest BCUT2D eigenvalue weighted by atomic mass is 9.46. The molecule has 0 bridgehead atoms. The maximum absolute atomic E-state index is 11.0. The number of fused-ring (bicyclic) bond motifs is 5. The summed E-state index contributed by atoms with van der Waals surface area (Å²) in [5.74, 6) is 4.01. The first-order valence-corrected chi connectivity index (χ1v) is 11.3. The molecule has 26 heavy (non-hydrogen) atoms. The van der Waals surface area contributed by atoms with Crippen LogP contribution in [0.4, 0.5) is 0 Å². The van der Waals surface area contributed by atoms with Crippen molar-refractivity contribution in [2.75, 3.05) is 0 Å². The first-order chi connectivity index (χ1) is 12.4. The number of carboxylic acids is 1. The fourth-order valence-corrected chi connectivity index (χ4v) is 8.16. The second kappa shape index (κ2) is 6.67. The van der Waals surface area contributed by atoms with Crippen LogP contribution in [0.2, 0.25) is 0 Å². The molecule has 146 valence electrons. The minimum Gasteiger partial charge on any atom is -0.481 e. The third-order valence-corrected chi connectivity index (χ3v) is 9.59. The highest BCUT2D eigenvalue weighted by Crippen LogP contribution is 2.66. The molecule has 0 aromatic rings. The number of rotatable bonds is 4. The Morgan fingerprint density at radius 3 is 2.73 bits per heavy atom. The molecule has 0 spiro atoms. The predicted octanol–water partition coefficient (Wildman–Crippen LogP) is 6.31. The fraction of sp³-hybridized carbons (Fsp3) is 0.875. The summed E-state index contributed by atoms with van der Waals surface area (Å²) >= 11 is 0. The molecule has 0 saturated heterocycles. The summed E-state index contributed by atoms with van der Waals surface area (Å²) in [6.45, 7) is 7.43. The van der Waals surface area contributed by atoms with Crippen molar-refractivity contribution < 1.29 is 9.90 Å². The van der Waals surface area contributed by atoms with E-state index in [0.717, 1.165) is 30.1 Å². The van der Waals surface area contributed by atoms with Gasteiger partial charge in [-0.05, 0) is 91.3 Å². The number of carbonyl (C=O) groups is 1. The molecule has 0 aliphatic heterocycles. The van der Waals surface area contributed by atoms with Crippen LogP contribution in [0.3, 0.4) is 0 Å². The van der Waals surface area contributed by atoms with Crippen molar-refractivity contribution >= 4 is 5.97 Å². The van der Waals surface area contributed by atoms with Gasteiger partial charge in [-0.15, -0.1) is 0 Å². The fourth-order valence-electron chi connectivity index (χ4n) is 8.16. The van der Waals surface area contributed by atoms with Crippen LogP contribution in [-0.2, 0) is 4.79 Å². The summed E-state index contributed by atoms with van der Waals surface area (Å²) in [5.41, 5.74) is 0.850. The van der Waals surface area contributed by atoms with Crippen LogP contribution < -0.4 is 0 Å². The Morgan fingerprint density at radius 1 is 1.15 bits per heavy atom. The molecule has 1 N–H and O–H groups in total. The van der Waals surface area contributed by atoms with Crippen molar-refractivity contribution in [3.8, 4) is 0 Å². The van der Waals surface area contributed by atoms with Gasteiger partial charge in [-0.3, -0.25) is 4.79 Å². The summed E-state index contributed by atoms with van der Waals surface area (Å²) in [4.78, 5) is 11.0. The molecule has 0 heterocycles. The zero-order chi connectivity index (χ0) is 18.5. The van der Waals surface area contributed by atoms with Crippen molar-refractivity contribution in [3.05, 3.63) is 12.2 Å². The molecule has 0 radical (unpaired) electrons. The number of aliphatic carboxylic acids is 1. The Balaban J connectivity index is 1.57. The van der Waals surface area contributed by atoms with Crippen molar-refractivity contribution in [3.63, 3.8) is 0 Å². The molecular weight excluding hydrogens is 320 g/mol. The number of carboxylic acid groups (broad SMARTS) is 1. The maximum atomic E-state index is 11.0. The van der Waals surface area contributed by atoms with Gasteiger partial charge in [-0.2, -0.15) is 0 Å². The van der Waals surface area contributed by atoms with Gasteiger partial charge in [0, 0.05) is 6.42 Å². The zero-order valence-electron chi connectivity index (χ0n) is 17.0. The highest BCUT2D eigenvalue weighted by Gasteiger charge is 2.58. The zero-order valence-corrected chi connectivity index (χ0v) is 17.0. The third kappa shape index (κ3) is 2.78. The van der Waals surface area contributed by atoms with Gasteiger partial charge >= 0.3 is 5.97 Å². The Kier molecular flexibility index (Phi) is 4.77. The molecule has 4 aliphatic carbocycles. The van der Waals surface area contributed by atoms with Gasteiger partial charge < -0.3 is 5.11 Å². The number of hydrogen-bond acceptors (Lipinski definition) is 1.